The SMILES string of the molecule is COCCNCC(O)CSCCS(C)(=O)=O. The number of aliphatic hydroxyl groups excluding tert-OH is 1. The quantitative estimate of drug-likeness (QED) is 0.515. The summed E-state index contributed by atoms with van der Waals surface area (Å²) in [7, 11) is -1.26. The van der Waals surface area contributed by atoms with E-state index in [-0.39, 0.29) is 5.75 Å². The van der Waals surface area contributed by atoms with E-state index in [0.717, 1.165) is 0 Å². The Bertz CT molecular complexity index is 256. The minimum Gasteiger partial charge on any atom is -0.391 e. The average molecular weight is 271 g/mol. The van der Waals surface area contributed by atoms with Gasteiger partial charge in [-0.1, -0.05) is 0 Å². The second-order valence-corrected chi connectivity index (χ2v) is 6.97. The second-order valence-electron chi connectivity index (χ2n) is 3.56. The summed E-state index contributed by atoms with van der Waals surface area (Å²) >= 11 is 1.45. The lowest BCUT2D eigenvalue weighted by Crippen LogP contribution is -2.31. The number of ether oxygens (including phenoxy) is 1. The lowest BCUT2D eigenvalue weighted by Gasteiger charge is -2.10. The predicted molar refractivity (Wildman–Crippen MR) is 67.8 cm³/mol. The Morgan fingerprint density at radius 1 is 1.50 bits per heavy atom. The summed E-state index contributed by atoms with van der Waals surface area (Å²) < 4.78 is 26.5. The molecule has 16 heavy (non-hydrogen) atoms. The fourth-order valence-corrected chi connectivity index (χ4v) is 3.17. The van der Waals surface area contributed by atoms with Gasteiger partial charge in [0.2, 0.25) is 0 Å². The molecule has 1 atom stereocenters. The van der Waals surface area contributed by atoms with Crippen molar-refractivity contribution >= 4 is 21.6 Å². The normalized spacial score (nSPS) is 13.9. The van der Waals surface area contributed by atoms with Gasteiger partial charge in [-0.25, -0.2) is 8.42 Å². The summed E-state index contributed by atoms with van der Waals surface area (Å²) in [5.41, 5.74) is 0. The van der Waals surface area contributed by atoms with Crippen molar-refractivity contribution in [2.75, 3.05) is 50.3 Å². The van der Waals surface area contributed by atoms with E-state index in [1.165, 1.54) is 18.0 Å². The summed E-state index contributed by atoms with van der Waals surface area (Å²) in [6.07, 6.45) is 0.775. The summed E-state index contributed by atoms with van der Waals surface area (Å²) in [6, 6.07) is 0. The number of hydrogen-bond donors (Lipinski definition) is 2. The first kappa shape index (κ1) is 16.2. The molecule has 0 fully saturated rings. The van der Waals surface area contributed by atoms with E-state index < -0.39 is 15.9 Å². The van der Waals surface area contributed by atoms with E-state index in [1.807, 2.05) is 0 Å². The molecule has 0 aromatic carbocycles. The van der Waals surface area contributed by atoms with Crippen LogP contribution in [0.2, 0.25) is 0 Å². The largest absolute Gasteiger partial charge is 0.391 e. The van der Waals surface area contributed by atoms with E-state index in [0.29, 0.717) is 31.2 Å². The molecule has 5 nitrogen and oxygen atoms in total. The first-order chi connectivity index (χ1) is 7.45. The van der Waals surface area contributed by atoms with E-state index in [2.05, 4.69) is 5.32 Å². The van der Waals surface area contributed by atoms with Gasteiger partial charge in [0.1, 0.15) is 9.84 Å². The average Bonchev–Trinajstić information content (AvgIpc) is 2.18. The van der Waals surface area contributed by atoms with Crippen molar-refractivity contribution in [1.82, 2.24) is 5.32 Å². The maximum absolute atomic E-state index is 10.8. The third-order valence-electron chi connectivity index (χ3n) is 1.77. The van der Waals surface area contributed by atoms with Crippen LogP contribution >= 0.6 is 11.8 Å². The van der Waals surface area contributed by atoms with Gasteiger partial charge in [-0.2, -0.15) is 11.8 Å². The Balaban J connectivity index is 3.33. The third kappa shape index (κ3) is 12.3. The van der Waals surface area contributed by atoms with E-state index in [4.69, 9.17) is 4.74 Å². The molecule has 7 heteroatoms. The number of methoxy groups -OCH3 is 1. The first-order valence-electron chi connectivity index (χ1n) is 5.09. The standard InChI is InChI=1S/C9H21NO4S2/c1-14-4-3-10-7-9(11)8-15-5-6-16(2,12)13/h9-11H,3-8H2,1-2H3. The molecule has 0 radical (unpaired) electrons. The zero-order valence-electron chi connectivity index (χ0n) is 9.81. The molecule has 0 spiro atoms. The van der Waals surface area contributed by atoms with Crippen LogP contribution in [0.5, 0.6) is 0 Å². The van der Waals surface area contributed by atoms with Crippen LogP contribution < -0.4 is 5.32 Å². The zero-order valence-corrected chi connectivity index (χ0v) is 11.4. The molecule has 0 heterocycles. The first-order valence-corrected chi connectivity index (χ1v) is 8.30. The molecule has 2 N–H and O–H groups in total. The van der Waals surface area contributed by atoms with Crippen LogP contribution in [0.15, 0.2) is 0 Å². The molecule has 0 aliphatic rings. The van der Waals surface area contributed by atoms with Crippen molar-refractivity contribution in [2.45, 2.75) is 6.10 Å². The van der Waals surface area contributed by atoms with Crippen LogP contribution in [-0.4, -0.2) is 69.9 Å². The molecule has 0 aliphatic carbocycles. The van der Waals surface area contributed by atoms with Crippen LogP contribution in [0.4, 0.5) is 0 Å². The Morgan fingerprint density at radius 3 is 2.75 bits per heavy atom. The predicted octanol–water partition coefficient (Wildman–Crippen LogP) is -0.639. The van der Waals surface area contributed by atoms with Gasteiger partial charge in [0, 0.05) is 38.0 Å². The molecule has 0 saturated heterocycles. The number of hydrogen-bond acceptors (Lipinski definition) is 6. The van der Waals surface area contributed by atoms with Crippen LogP contribution in [0, 0.1) is 0 Å². The van der Waals surface area contributed by atoms with Gasteiger partial charge < -0.3 is 15.2 Å². The topological polar surface area (TPSA) is 75.6 Å². The Kier molecular flexibility index (Phi) is 9.34. The number of thioether (sulfide) groups is 1. The third-order valence-corrected chi connectivity index (χ3v) is 4.09. The molecular formula is C9H21NO4S2. The van der Waals surface area contributed by atoms with Crippen molar-refractivity contribution in [2.24, 2.45) is 0 Å². The summed E-state index contributed by atoms with van der Waals surface area (Å²) in [4.78, 5) is 0. The number of nitrogens with one attached hydrogen (secondary N) is 1. The van der Waals surface area contributed by atoms with Crippen LogP contribution in [0.25, 0.3) is 0 Å². The van der Waals surface area contributed by atoms with E-state index in [9.17, 15) is 13.5 Å². The summed E-state index contributed by atoms with van der Waals surface area (Å²) in [5, 5.41) is 12.5. The van der Waals surface area contributed by atoms with Crippen molar-refractivity contribution in [1.29, 1.82) is 0 Å². The van der Waals surface area contributed by atoms with E-state index >= 15 is 0 Å². The van der Waals surface area contributed by atoms with Gasteiger partial charge in [0.15, 0.2) is 0 Å². The highest BCUT2D eigenvalue weighted by Gasteiger charge is 2.05. The molecule has 98 valence electrons. The molecule has 0 bridgehead atoms. The van der Waals surface area contributed by atoms with Crippen LogP contribution in [0.1, 0.15) is 0 Å². The van der Waals surface area contributed by atoms with E-state index in [1.54, 1.807) is 7.11 Å². The number of rotatable bonds is 10. The molecular weight excluding hydrogens is 250 g/mol. The number of sulfone groups is 1. The minimum atomic E-state index is -2.88. The molecule has 0 aromatic rings. The second kappa shape index (κ2) is 9.23. The zero-order chi connectivity index (χ0) is 12.4. The highest BCUT2D eigenvalue weighted by atomic mass is 32.2. The van der Waals surface area contributed by atoms with Gasteiger partial charge in [-0.3, -0.25) is 0 Å². The Morgan fingerprint density at radius 2 is 2.19 bits per heavy atom. The molecule has 0 aromatic heterocycles. The molecule has 1 unspecified atom stereocenters. The van der Waals surface area contributed by atoms with Gasteiger partial charge in [-0.05, 0) is 0 Å². The van der Waals surface area contributed by atoms with Gasteiger partial charge >= 0.3 is 0 Å². The maximum Gasteiger partial charge on any atom is 0.148 e. The number of aliphatic hydroxyl groups is 1. The molecule has 0 aliphatic heterocycles. The lowest BCUT2D eigenvalue weighted by molar-refractivity contribution is 0.175. The van der Waals surface area contributed by atoms with Crippen molar-refractivity contribution in [3.63, 3.8) is 0 Å². The van der Waals surface area contributed by atoms with Crippen LogP contribution in [-0.2, 0) is 14.6 Å². The Hall–Kier alpha value is 0.180. The smallest absolute Gasteiger partial charge is 0.148 e. The minimum absolute atomic E-state index is 0.168. The monoisotopic (exact) mass is 271 g/mol. The lowest BCUT2D eigenvalue weighted by atomic mass is 10.4. The summed E-state index contributed by atoms with van der Waals surface area (Å²) in [6.45, 7) is 1.84. The fraction of sp³-hybridized carbons (Fsp3) is 1.00. The van der Waals surface area contributed by atoms with Gasteiger partial charge in [0.05, 0.1) is 18.5 Å². The van der Waals surface area contributed by atoms with Crippen molar-refractivity contribution in [3.8, 4) is 0 Å². The van der Waals surface area contributed by atoms with Crippen molar-refractivity contribution in [3.05, 3.63) is 0 Å². The molecule has 0 amide bonds. The highest BCUT2D eigenvalue weighted by molar-refractivity contribution is 8.00. The Labute approximate surface area is 102 Å². The van der Waals surface area contributed by atoms with Crippen LogP contribution in [0.3, 0.4) is 0 Å². The molecule has 0 rings (SSSR count). The summed E-state index contributed by atoms with van der Waals surface area (Å²) in [5.74, 6) is 1.25. The molecule has 0 saturated carbocycles. The van der Waals surface area contributed by atoms with Gasteiger partial charge in [-0.15, -0.1) is 0 Å². The highest BCUT2D eigenvalue weighted by Crippen LogP contribution is 2.03. The fourth-order valence-electron chi connectivity index (χ4n) is 0.932. The maximum atomic E-state index is 10.8. The van der Waals surface area contributed by atoms with Gasteiger partial charge in [0.25, 0.3) is 0 Å². The van der Waals surface area contributed by atoms with Crippen molar-refractivity contribution < 1.29 is 18.3 Å².